The first-order valence-corrected chi connectivity index (χ1v) is 8.16. The Morgan fingerprint density at radius 2 is 2.04 bits per heavy atom. The first-order valence-electron chi connectivity index (χ1n) is 7.17. The first-order chi connectivity index (χ1) is 11.1. The number of nitrogens with zero attached hydrogens (tertiary/aromatic N) is 2. The van der Waals surface area contributed by atoms with Gasteiger partial charge in [0.05, 0.1) is 11.4 Å². The predicted octanol–water partition coefficient (Wildman–Crippen LogP) is 1.85. The molecule has 0 aliphatic rings. The van der Waals surface area contributed by atoms with E-state index in [-0.39, 0.29) is 11.7 Å². The molecule has 1 heterocycles. The second kappa shape index (κ2) is 8.20. The van der Waals surface area contributed by atoms with Crippen LogP contribution in [0.5, 0.6) is 0 Å². The Kier molecular flexibility index (Phi) is 6.01. The molecule has 0 radical (unpaired) electrons. The average Bonchev–Trinajstić information content (AvgIpc) is 2.58. The lowest BCUT2D eigenvalue weighted by atomic mass is 10.2. The Labute approximate surface area is 140 Å². The molecule has 0 saturated heterocycles. The van der Waals surface area contributed by atoms with E-state index in [2.05, 4.69) is 16.4 Å². The quantitative estimate of drug-likeness (QED) is 0.822. The largest absolute Gasteiger partial charge is 0.376 e. The van der Waals surface area contributed by atoms with Crippen molar-refractivity contribution in [2.24, 2.45) is 0 Å². The van der Waals surface area contributed by atoms with Crippen molar-refractivity contribution in [3.05, 3.63) is 53.7 Å². The molecule has 0 fully saturated rings. The number of rotatable bonds is 6. The Balaban J connectivity index is 1.94. The number of nitrogens with one attached hydrogen (secondary N) is 2. The van der Waals surface area contributed by atoms with Gasteiger partial charge in [-0.2, -0.15) is 5.26 Å². The monoisotopic (exact) mass is 327 g/mol. The lowest BCUT2D eigenvalue weighted by molar-refractivity contribution is -0.426. The normalized spacial score (nSPS) is 9.96. The van der Waals surface area contributed by atoms with Crippen molar-refractivity contribution >= 4 is 23.4 Å². The van der Waals surface area contributed by atoms with Gasteiger partial charge >= 0.3 is 0 Å². The van der Waals surface area contributed by atoms with E-state index < -0.39 is 0 Å². The summed E-state index contributed by atoms with van der Waals surface area (Å²) < 4.78 is 0. The molecule has 2 aromatic rings. The van der Waals surface area contributed by atoms with Gasteiger partial charge in [-0.25, -0.2) is 4.98 Å². The van der Waals surface area contributed by atoms with E-state index in [1.165, 1.54) is 11.8 Å². The minimum Gasteiger partial charge on any atom is -0.376 e. The number of pyridine rings is 1. The van der Waals surface area contributed by atoms with E-state index in [1.54, 1.807) is 6.20 Å². The molecular formula is C17H19N4OS+. The third-order valence-corrected chi connectivity index (χ3v) is 4.23. The summed E-state index contributed by atoms with van der Waals surface area (Å²) in [4.78, 5) is 16.9. The summed E-state index contributed by atoms with van der Waals surface area (Å²) in [6, 6.07) is 13.8. The number of hydrogen-bond donors (Lipinski definition) is 1. The number of carbonyl (C=O) groups is 1. The van der Waals surface area contributed by atoms with E-state index in [9.17, 15) is 10.1 Å². The number of carbonyl (C=O) groups excluding carboxylic acids is 1. The molecule has 5 nitrogen and oxygen atoms in total. The van der Waals surface area contributed by atoms with Gasteiger partial charge in [0.25, 0.3) is 5.03 Å². The molecule has 0 aliphatic heterocycles. The van der Waals surface area contributed by atoms with Crippen molar-refractivity contribution in [2.45, 2.75) is 11.6 Å². The maximum Gasteiger partial charge on any atom is 0.259 e. The summed E-state index contributed by atoms with van der Waals surface area (Å²) in [5.74, 6) is 0.195. The summed E-state index contributed by atoms with van der Waals surface area (Å²) in [6.07, 6.45) is 1.78. The number of aromatic amines is 1. The molecule has 2 N–H and O–H groups in total. The minimum absolute atomic E-state index is 0.0635. The van der Waals surface area contributed by atoms with Crippen LogP contribution in [-0.4, -0.2) is 25.8 Å². The lowest BCUT2D eigenvalue weighted by Crippen LogP contribution is -2.25. The lowest BCUT2D eigenvalue weighted by Gasteiger charge is -2.13. The molecule has 0 atom stereocenters. The number of benzene rings is 1. The molecule has 1 aromatic heterocycles. The summed E-state index contributed by atoms with van der Waals surface area (Å²) >= 11 is 1.33. The highest BCUT2D eigenvalue weighted by Crippen LogP contribution is 2.24. The Morgan fingerprint density at radius 1 is 1.30 bits per heavy atom. The summed E-state index contributed by atoms with van der Waals surface area (Å²) in [5, 5.41) is 12.9. The van der Waals surface area contributed by atoms with Crippen LogP contribution in [0.2, 0.25) is 0 Å². The summed E-state index contributed by atoms with van der Waals surface area (Å²) in [7, 11) is 3.77. The van der Waals surface area contributed by atoms with E-state index in [0.29, 0.717) is 17.1 Å². The average molecular weight is 327 g/mol. The molecule has 0 aliphatic carbocycles. The zero-order valence-electron chi connectivity index (χ0n) is 13.2. The number of anilines is 1. The van der Waals surface area contributed by atoms with Crippen LogP contribution in [0, 0.1) is 11.3 Å². The zero-order chi connectivity index (χ0) is 16.7. The predicted molar refractivity (Wildman–Crippen MR) is 91.1 cm³/mol. The number of H-pyrrole nitrogens is 1. The fourth-order valence-electron chi connectivity index (χ4n) is 2.05. The summed E-state index contributed by atoms with van der Waals surface area (Å²) in [6.45, 7) is 0.507. The van der Waals surface area contributed by atoms with Crippen LogP contribution >= 0.6 is 11.8 Å². The fraction of sp³-hybridized carbons (Fsp3) is 0.235. The maximum atomic E-state index is 12.0. The number of nitriles is 1. The van der Waals surface area contributed by atoms with Crippen molar-refractivity contribution in [1.29, 1.82) is 5.26 Å². The second-order valence-electron chi connectivity index (χ2n) is 5.12. The van der Waals surface area contributed by atoms with Gasteiger partial charge in [-0.1, -0.05) is 30.3 Å². The molecule has 0 unspecified atom stereocenters. The van der Waals surface area contributed by atoms with E-state index >= 15 is 0 Å². The zero-order valence-corrected chi connectivity index (χ0v) is 14.0. The standard InChI is InChI=1S/C17H18N4OS/c1-21(2)15-8-9-19-17(14(15)10-18)23-12-16(22)20-11-13-6-4-3-5-7-13/h3-9H,11-12H2,1-2H3,(H,20,22)/p+1. The molecular weight excluding hydrogens is 308 g/mol. The SMILES string of the molecule is CN(C)c1cc[nH+]c(SCC(=O)NCc2ccccc2)c1C#N. The van der Waals surface area contributed by atoms with Crippen LogP contribution in [0.15, 0.2) is 47.6 Å². The third-order valence-electron chi connectivity index (χ3n) is 3.21. The van der Waals surface area contributed by atoms with Crippen molar-refractivity contribution in [3.8, 4) is 6.07 Å². The van der Waals surface area contributed by atoms with E-state index in [1.807, 2.05) is 55.4 Å². The van der Waals surface area contributed by atoms with Gasteiger partial charge in [-0.3, -0.25) is 4.79 Å². The molecule has 1 amide bonds. The Morgan fingerprint density at radius 3 is 2.70 bits per heavy atom. The van der Waals surface area contributed by atoms with Gasteiger partial charge in [-0.05, 0) is 17.3 Å². The number of thioether (sulfide) groups is 1. The minimum atomic E-state index is -0.0635. The number of aromatic nitrogens is 1. The Bertz CT molecular complexity index is 710. The van der Waals surface area contributed by atoms with Gasteiger partial charge in [0.2, 0.25) is 5.91 Å². The molecule has 23 heavy (non-hydrogen) atoms. The van der Waals surface area contributed by atoms with Crippen molar-refractivity contribution in [3.63, 3.8) is 0 Å². The highest BCUT2D eigenvalue weighted by atomic mass is 32.2. The molecule has 0 bridgehead atoms. The number of amides is 1. The highest BCUT2D eigenvalue weighted by Gasteiger charge is 2.17. The van der Waals surface area contributed by atoms with Crippen LogP contribution in [0.4, 0.5) is 5.69 Å². The smallest absolute Gasteiger partial charge is 0.259 e. The van der Waals surface area contributed by atoms with Crippen LogP contribution in [0.3, 0.4) is 0 Å². The van der Waals surface area contributed by atoms with Crippen LogP contribution in [0.1, 0.15) is 11.1 Å². The fourth-order valence-corrected chi connectivity index (χ4v) is 2.87. The van der Waals surface area contributed by atoms with Gasteiger partial charge in [0.1, 0.15) is 6.07 Å². The van der Waals surface area contributed by atoms with Gasteiger partial charge in [0.15, 0.2) is 11.8 Å². The van der Waals surface area contributed by atoms with Crippen molar-refractivity contribution in [2.75, 3.05) is 24.7 Å². The third kappa shape index (κ3) is 4.73. The van der Waals surface area contributed by atoms with E-state index in [0.717, 1.165) is 11.3 Å². The van der Waals surface area contributed by atoms with Crippen LogP contribution < -0.4 is 15.2 Å². The molecule has 6 heteroatoms. The number of hydrogen-bond acceptors (Lipinski definition) is 4. The van der Waals surface area contributed by atoms with Gasteiger partial charge < -0.3 is 10.2 Å². The van der Waals surface area contributed by atoms with Gasteiger partial charge in [0, 0.05) is 26.7 Å². The van der Waals surface area contributed by atoms with Crippen LogP contribution in [-0.2, 0) is 11.3 Å². The molecule has 118 valence electrons. The molecule has 1 aromatic carbocycles. The highest BCUT2D eigenvalue weighted by molar-refractivity contribution is 7.99. The van der Waals surface area contributed by atoms with Crippen LogP contribution in [0.25, 0.3) is 0 Å². The molecule has 0 saturated carbocycles. The maximum absolute atomic E-state index is 12.0. The first kappa shape index (κ1) is 16.8. The van der Waals surface area contributed by atoms with E-state index in [4.69, 9.17) is 0 Å². The van der Waals surface area contributed by atoms with Crippen molar-refractivity contribution in [1.82, 2.24) is 5.32 Å². The summed E-state index contributed by atoms with van der Waals surface area (Å²) in [5.41, 5.74) is 2.45. The molecule has 0 spiro atoms. The van der Waals surface area contributed by atoms with Gasteiger partial charge in [-0.15, -0.1) is 0 Å². The topological polar surface area (TPSA) is 70.3 Å². The Hall–Kier alpha value is -2.52. The molecule has 2 rings (SSSR count). The van der Waals surface area contributed by atoms with Crippen molar-refractivity contribution < 1.29 is 9.78 Å². The second-order valence-corrected chi connectivity index (χ2v) is 6.11.